The summed E-state index contributed by atoms with van der Waals surface area (Å²) in [5, 5.41) is 15.5. The molecule has 1 aromatic carbocycles. The minimum absolute atomic E-state index is 0.00946. The number of anilines is 1. The van der Waals surface area contributed by atoms with Gasteiger partial charge in [-0.25, -0.2) is 9.48 Å². The van der Waals surface area contributed by atoms with Crippen LogP contribution < -0.4 is 5.32 Å². The second-order valence-electron chi connectivity index (χ2n) is 6.88. The molecule has 1 aliphatic heterocycles. The number of aromatic nitrogens is 3. The molecular weight excluding hydrogens is 374 g/mol. The standard InChI is InChI=1S/C20H21N5O2S/c1-14(26)15-2-4-17(5-3-15)21-20(27)24-9-6-18(7-10-24)25-12-19(22-23-25)16-8-11-28-13-16/h2-5,8,11-13,18H,6-7,9-10H2,1H3,(H,21,27). The zero-order chi connectivity index (χ0) is 19.5. The van der Waals surface area contributed by atoms with Gasteiger partial charge in [-0.05, 0) is 55.5 Å². The van der Waals surface area contributed by atoms with Gasteiger partial charge in [0.15, 0.2) is 5.78 Å². The molecule has 28 heavy (non-hydrogen) atoms. The van der Waals surface area contributed by atoms with E-state index in [9.17, 15) is 9.59 Å². The predicted octanol–water partition coefficient (Wildman–Crippen LogP) is 4.08. The number of nitrogens with one attached hydrogen (secondary N) is 1. The molecule has 0 atom stereocenters. The minimum atomic E-state index is -0.119. The van der Waals surface area contributed by atoms with E-state index in [0.29, 0.717) is 24.3 Å². The number of thiophene rings is 1. The van der Waals surface area contributed by atoms with Gasteiger partial charge in [0.25, 0.3) is 0 Å². The van der Waals surface area contributed by atoms with E-state index < -0.39 is 0 Å². The number of carbonyl (C=O) groups is 2. The van der Waals surface area contributed by atoms with Crippen molar-refractivity contribution in [2.24, 2.45) is 0 Å². The molecule has 0 aliphatic carbocycles. The van der Waals surface area contributed by atoms with E-state index in [-0.39, 0.29) is 17.9 Å². The molecule has 0 unspecified atom stereocenters. The van der Waals surface area contributed by atoms with Crippen molar-refractivity contribution >= 4 is 28.8 Å². The maximum absolute atomic E-state index is 12.5. The molecular formula is C20H21N5O2S. The number of likely N-dealkylation sites (tertiary alicyclic amines) is 1. The molecule has 0 bridgehead atoms. The van der Waals surface area contributed by atoms with Crippen LogP contribution in [0, 0.1) is 0 Å². The number of amides is 2. The topological polar surface area (TPSA) is 80.1 Å². The van der Waals surface area contributed by atoms with Crippen LogP contribution in [0.2, 0.25) is 0 Å². The van der Waals surface area contributed by atoms with Crippen LogP contribution >= 0.6 is 11.3 Å². The average Bonchev–Trinajstić information content (AvgIpc) is 3.40. The molecule has 0 spiro atoms. The van der Waals surface area contributed by atoms with Crippen molar-refractivity contribution in [3.63, 3.8) is 0 Å². The Bertz CT molecular complexity index is 957. The largest absolute Gasteiger partial charge is 0.324 e. The number of ketones is 1. The van der Waals surface area contributed by atoms with Crippen LogP contribution in [-0.4, -0.2) is 44.8 Å². The highest BCUT2D eigenvalue weighted by Gasteiger charge is 2.25. The zero-order valence-electron chi connectivity index (χ0n) is 15.5. The van der Waals surface area contributed by atoms with Crippen molar-refractivity contribution in [1.82, 2.24) is 19.9 Å². The van der Waals surface area contributed by atoms with Gasteiger partial charge in [0.1, 0.15) is 5.69 Å². The molecule has 3 aromatic rings. The third kappa shape index (κ3) is 3.96. The van der Waals surface area contributed by atoms with Crippen molar-refractivity contribution in [2.45, 2.75) is 25.8 Å². The number of Topliss-reactive ketones (excluding diaryl/α,β-unsaturated/α-hetero) is 1. The van der Waals surface area contributed by atoms with Gasteiger partial charge in [0, 0.05) is 35.3 Å². The lowest BCUT2D eigenvalue weighted by Gasteiger charge is -2.31. The van der Waals surface area contributed by atoms with Crippen LogP contribution in [0.5, 0.6) is 0 Å². The minimum Gasteiger partial charge on any atom is -0.324 e. The summed E-state index contributed by atoms with van der Waals surface area (Å²) in [6, 6.07) is 9.12. The van der Waals surface area contributed by atoms with Gasteiger partial charge in [0.05, 0.1) is 12.2 Å². The van der Waals surface area contributed by atoms with E-state index in [2.05, 4.69) is 21.0 Å². The molecule has 2 aromatic heterocycles. The first-order valence-corrected chi connectivity index (χ1v) is 10.2. The number of benzene rings is 1. The Morgan fingerprint density at radius 1 is 1.14 bits per heavy atom. The number of carbonyl (C=O) groups excluding carboxylic acids is 2. The molecule has 1 aliphatic rings. The number of nitrogens with zero attached hydrogens (tertiary/aromatic N) is 4. The van der Waals surface area contributed by atoms with E-state index in [4.69, 9.17) is 0 Å². The zero-order valence-corrected chi connectivity index (χ0v) is 16.4. The Balaban J connectivity index is 1.32. The van der Waals surface area contributed by atoms with Crippen molar-refractivity contribution in [3.05, 3.63) is 52.9 Å². The summed E-state index contributed by atoms with van der Waals surface area (Å²) in [4.78, 5) is 25.7. The number of urea groups is 1. The Labute approximate surface area is 167 Å². The maximum Gasteiger partial charge on any atom is 0.321 e. The molecule has 1 saturated heterocycles. The molecule has 144 valence electrons. The summed E-state index contributed by atoms with van der Waals surface area (Å²) in [5.41, 5.74) is 3.29. The van der Waals surface area contributed by atoms with Crippen molar-refractivity contribution < 1.29 is 9.59 Å². The van der Waals surface area contributed by atoms with E-state index in [1.165, 1.54) is 6.92 Å². The first-order chi connectivity index (χ1) is 13.6. The van der Waals surface area contributed by atoms with Crippen molar-refractivity contribution in [3.8, 4) is 11.3 Å². The smallest absolute Gasteiger partial charge is 0.321 e. The lowest BCUT2D eigenvalue weighted by atomic mass is 10.1. The van der Waals surface area contributed by atoms with Gasteiger partial charge in [-0.1, -0.05) is 5.21 Å². The van der Waals surface area contributed by atoms with Gasteiger partial charge < -0.3 is 10.2 Å². The van der Waals surface area contributed by atoms with E-state index in [1.807, 2.05) is 27.2 Å². The molecule has 1 fully saturated rings. The first-order valence-electron chi connectivity index (χ1n) is 9.21. The van der Waals surface area contributed by atoms with Crippen LogP contribution in [-0.2, 0) is 0 Å². The molecule has 0 radical (unpaired) electrons. The summed E-state index contributed by atoms with van der Waals surface area (Å²) in [6.45, 7) is 2.85. The van der Waals surface area contributed by atoms with Crippen molar-refractivity contribution in [1.29, 1.82) is 0 Å². The Morgan fingerprint density at radius 2 is 1.89 bits per heavy atom. The van der Waals surface area contributed by atoms with Gasteiger partial charge in [-0.3, -0.25) is 4.79 Å². The molecule has 3 heterocycles. The van der Waals surface area contributed by atoms with Gasteiger partial charge in [-0.2, -0.15) is 11.3 Å². The monoisotopic (exact) mass is 395 g/mol. The third-order valence-corrected chi connectivity index (χ3v) is 5.68. The fraction of sp³-hybridized carbons (Fsp3) is 0.300. The molecule has 0 saturated carbocycles. The highest BCUT2D eigenvalue weighted by atomic mass is 32.1. The maximum atomic E-state index is 12.5. The lowest BCUT2D eigenvalue weighted by molar-refractivity contribution is 0.101. The first kappa shape index (κ1) is 18.4. The second-order valence-corrected chi connectivity index (χ2v) is 7.66. The fourth-order valence-electron chi connectivity index (χ4n) is 3.32. The van der Waals surface area contributed by atoms with E-state index in [1.54, 1.807) is 35.6 Å². The summed E-state index contributed by atoms with van der Waals surface area (Å²) < 4.78 is 1.92. The summed E-state index contributed by atoms with van der Waals surface area (Å²) in [7, 11) is 0. The number of hydrogen-bond donors (Lipinski definition) is 1. The quantitative estimate of drug-likeness (QED) is 0.675. The summed E-state index contributed by atoms with van der Waals surface area (Å²) in [6.07, 6.45) is 3.66. The Hall–Kier alpha value is -3.00. The number of hydrogen-bond acceptors (Lipinski definition) is 5. The van der Waals surface area contributed by atoms with E-state index in [0.717, 1.165) is 24.1 Å². The number of rotatable bonds is 4. The van der Waals surface area contributed by atoms with Gasteiger partial charge >= 0.3 is 6.03 Å². The highest BCUT2D eigenvalue weighted by molar-refractivity contribution is 7.08. The van der Waals surface area contributed by atoms with Crippen LogP contribution in [0.25, 0.3) is 11.3 Å². The molecule has 4 rings (SSSR count). The normalized spacial score (nSPS) is 14.8. The Morgan fingerprint density at radius 3 is 2.54 bits per heavy atom. The molecule has 7 nitrogen and oxygen atoms in total. The SMILES string of the molecule is CC(=O)c1ccc(NC(=O)N2CCC(n3cc(-c4ccsc4)nn3)CC2)cc1. The summed E-state index contributed by atoms with van der Waals surface area (Å²) in [5.74, 6) is 0.00946. The van der Waals surface area contributed by atoms with Crippen LogP contribution in [0.1, 0.15) is 36.2 Å². The predicted molar refractivity (Wildman–Crippen MR) is 109 cm³/mol. The lowest BCUT2D eigenvalue weighted by Crippen LogP contribution is -2.41. The highest BCUT2D eigenvalue weighted by Crippen LogP contribution is 2.25. The average molecular weight is 395 g/mol. The third-order valence-electron chi connectivity index (χ3n) is 5.00. The molecule has 2 amide bonds. The van der Waals surface area contributed by atoms with Crippen LogP contribution in [0.4, 0.5) is 10.5 Å². The number of piperidine rings is 1. The van der Waals surface area contributed by atoms with E-state index >= 15 is 0 Å². The van der Waals surface area contributed by atoms with Crippen LogP contribution in [0.15, 0.2) is 47.3 Å². The van der Waals surface area contributed by atoms with Gasteiger partial charge in [0.2, 0.25) is 0 Å². The summed E-state index contributed by atoms with van der Waals surface area (Å²) >= 11 is 1.64. The second kappa shape index (κ2) is 7.93. The van der Waals surface area contributed by atoms with Crippen LogP contribution in [0.3, 0.4) is 0 Å². The fourth-order valence-corrected chi connectivity index (χ4v) is 3.97. The van der Waals surface area contributed by atoms with Crippen molar-refractivity contribution in [2.75, 3.05) is 18.4 Å². The van der Waals surface area contributed by atoms with Gasteiger partial charge in [-0.15, -0.1) is 5.10 Å². The Kier molecular flexibility index (Phi) is 5.21. The molecule has 8 heteroatoms. The molecule has 1 N–H and O–H groups in total.